The summed E-state index contributed by atoms with van der Waals surface area (Å²) in [6.07, 6.45) is 3.43. The maximum atomic E-state index is 5.15. The predicted octanol–water partition coefficient (Wildman–Crippen LogP) is 1.84. The zero-order valence-corrected chi connectivity index (χ0v) is 9.28. The molecule has 0 unspecified atom stereocenters. The Morgan fingerprint density at radius 3 is 2.21 bits per heavy atom. The summed E-state index contributed by atoms with van der Waals surface area (Å²) in [5, 5.41) is 0. The fourth-order valence-corrected chi connectivity index (χ4v) is 0.672. The van der Waals surface area contributed by atoms with Crippen LogP contribution in [0, 0.1) is 6.92 Å². The second-order valence-electron chi connectivity index (χ2n) is 2.38. The monoisotopic (exact) mass is 198 g/mol. The molecule has 0 aliphatic heterocycles. The van der Waals surface area contributed by atoms with E-state index in [1.807, 2.05) is 20.8 Å². The number of rotatable bonds is 4. The van der Waals surface area contributed by atoms with E-state index in [9.17, 15) is 0 Å². The van der Waals surface area contributed by atoms with Gasteiger partial charge in [-0.1, -0.05) is 13.8 Å². The Hall–Kier alpha value is -1.16. The first-order valence-corrected chi connectivity index (χ1v) is 4.73. The van der Waals surface area contributed by atoms with Crippen LogP contribution >= 0.6 is 0 Å². The van der Waals surface area contributed by atoms with Gasteiger partial charge in [0.1, 0.15) is 6.61 Å². The van der Waals surface area contributed by atoms with Gasteiger partial charge in [0.15, 0.2) is 0 Å². The average molecular weight is 198 g/mol. The zero-order valence-electron chi connectivity index (χ0n) is 9.28. The first kappa shape index (κ1) is 12.8. The van der Waals surface area contributed by atoms with Gasteiger partial charge in [0, 0.05) is 19.5 Å². The lowest BCUT2D eigenvalue weighted by molar-refractivity contribution is 0.141. The molecule has 0 saturated heterocycles. The lowest BCUT2D eigenvalue weighted by atomic mass is 10.4. The maximum absolute atomic E-state index is 5.15. The molecule has 14 heavy (non-hydrogen) atoms. The molecular weight excluding hydrogens is 180 g/mol. The van der Waals surface area contributed by atoms with Gasteiger partial charge < -0.3 is 9.47 Å². The smallest absolute Gasteiger partial charge is 0.316 e. The van der Waals surface area contributed by atoms with Crippen LogP contribution in [-0.2, 0) is 4.74 Å². The van der Waals surface area contributed by atoms with Gasteiger partial charge in [0.2, 0.25) is 0 Å². The van der Waals surface area contributed by atoms with Crippen molar-refractivity contribution in [2.45, 2.75) is 20.8 Å². The third-order valence-electron chi connectivity index (χ3n) is 1.28. The SMILES string of the molecule is CC.COCCOc1ncc(C)cn1. The van der Waals surface area contributed by atoms with Crippen molar-refractivity contribution in [2.75, 3.05) is 20.3 Å². The Balaban J connectivity index is 0.000000791. The fraction of sp³-hybridized carbons (Fsp3) is 0.600. The van der Waals surface area contributed by atoms with E-state index in [2.05, 4.69) is 9.97 Å². The Morgan fingerprint density at radius 1 is 1.14 bits per heavy atom. The van der Waals surface area contributed by atoms with Crippen molar-refractivity contribution in [3.63, 3.8) is 0 Å². The lowest BCUT2D eigenvalue weighted by Gasteiger charge is -2.02. The van der Waals surface area contributed by atoms with Crippen LogP contribution in [0.5, 0.6) is 6.01 Å². The maximum Gasteiger partial charge on any atom is 0.316 e. The van der Waals surface area contributed by atoms with Crippen LogP contribution < -0.4 is 4.74 Å². The summed E-state index contributed by atoms with van der Waals surface area (Å²) in [5.74, 6) is 0. The third-order valence-corrected chi connectivity index (χ3v) is 1.28. The first-order valence-electron chi connectivity index (χ1n) is 4.73. The van der Waals surface area contributed by atoms with Gasteiger partial charge in [-0.15, -0.1) is 0 Å². The Morgan fingerprint density at radius 2 is 1.71 bits per heavy atom. The highest BCUT2D eigenvalue weighted by atomic mass is 16.5. The molecule has 1 aromatic heterocycles. The molecule has 80 valence electrons. The molecule has 4 nitrogen and oxygen atoms in total. The van der Waals surface area contributed by atoms with Crippen LogP contribution in [0.25, 0.3) is 0 Å². The van der Waals surface area contributed by atoms with Gasteiger partial charge in [0.05, 0.1) is 6.61 Å². The molecule has 0 spiro atoms. The van der Waals surface area contributed by atoms with Gasteiger partial charge in [-0.25, -0.2) is 9.97 Å². The molecule has 4 heteroatoms. The summed E-state index contributed by atoms with van der Waals surface area (Å²) in [6.45, 7) is 6.97. The van der Waals surface area contributed by atoms with Crippen molar-refractivity contribution >= 4 is 0 Å². The molecule has 0 aliphatic rings. The van der Waals surface area contributed by atoms with Crippen LogP contribution in [0.3, 0.4) is 0 Å². The van der Waals surface area contributed by atoms with Gasteiger partial charge in [-0.05, 0) is 12.5 Å². The molecule has 0 atom stereocenters. The molecule has 0 amide bonds. The summed E-state index contributed by atoms with van der Waals surface area (Å²) in [7, 11) is 1.62. The Labute approximate surface area is 85.3 Å². The highest BCUT2D eigenvalue weighted by Gasteiger charge is 1.94. The number of aromatic nitrogens is 2. The second-order valence-corrected chi connectivity index (χ2v) is 2.38. The summed E-state index contributed by atoms with van der Waals surface area (Å²) in [5.41, 5.74) is 1.02. The van der Waals surface area contributed by atoms with Gasteiger partial charge >= 0.3 is 6.01 Å². The van der Waals surface area contributed by atoms with Gasteiger partial charge in [0.25, 0.3) is 0 Å². The molecule has 1 heterocycles. The molecule has 0 bridgehead atoms. The number of hydrogen-bond donors (Lipinski definition) is 0. The van der Waals surface area contributed by atoms with Crippen molar-refractivity contribution in [1.29, 1.82) is 0 Å². The molecule has 1 aromatic rings. The molecule has 1 rings (SSSR count). The van der Waals surface area contributed by atoms with E-state index in [0.717, 1.165) is 5.56 Å². The van der Waals surface area contributed by atoms with Crippen molar-refractivity contribution in [2.24, 2.45) is 0 Å². The number of hydrogen-bond acceptors (Lipinski definition) is 4. The van der Waals surface area contributed by atoms with Crippen LogP contribution in [0.15, 0.2) is 12.4 Å². The van der Waals surface area contributed by atoms with E-state index in [4.69, 9.17) is 9.47 Å². The van der Waals surface area contributed by atoms with E-state index >= 15 is 0 Å². The minimum absolute atomic E-state index is 0.401. The molecule has 0 fully saturated rings. The van der Waals surface area contributed by atoms with E-state index in [0.29, 0.717) is 19.2 Å². The Kier molecular flexibility index (Phi) is 7.74. The van der Waals surface area contributed by atoms with Gasteiger partial charge in [-0.2, -0.15) is 0 Å². The topological polar surface area (TPSA) is 44.2 Å². The van der Waals surface area contributed by atoms with E-state index in [-0.39, 0.29) is 0 Å². The quantitative estimate of drug-likeness (QED) is 0.692. The summed E-state index contributed by atoms with van der Waals surface area (Å²) < 4.78 is 9.96. The molecule has 0 aliphatic carbocycles. The van der Waals surface area contributed by atoms with E-state index < -0.39 is 0 Å². The number of nitrogens with zero attached hydrogens (tertiary/aromatic N) is 2. The van der Waals surface area contributed by atoms with Crippen molar-refractivity contribution in [3.8, 4) is 6.01 Å². The van der Waals surface area contributed by atoms with Crippen LogP contribution in [0.4, 0.5) is 0 Å². The third kappa shape index (κ3) is 5.48. The molecule has 0 N–H and O–H groups in total. The van der Waals surface area contributed by atoms with Gasteiger partial charge in [-0.3, -0.25) is 0 Å². The largest absolute Gasteiger partial charge is 0.461 e. The highest BCUT2D eigenvalue weighted by molar-refractivity contribution is 5.04. The minimum Gasteiger partial charge on any atom is -0.461 e. The van der Waals surface area contributed by atoms with Crippen LogP contribution in [0.2, 0.25) is 0 Å². The molecule has 0 radical (unpaired) electrons. The van der Waals surface area contributed by atoms with Crippen LogP contribution in [-0.4, -0.2) is 30.3 Å². The lowest BCUT2D eigenvalue weighted by Crippen LogP contribution is -2.06. The molecular formula is C10H18N2O2. The van der Waals surface area contributed by atoms with Crippen molar-refractivity contribution in [3.05, 3.63) is 18.0 Å². The molecule has 0 saturated carbocycles. The Bertz CT molecular complexity index is 224. The molecule has 0 aromatic carbocycles. The van der Waals surface area contributed by atoms with Crippen molar-refractivity contribution in [1.82, 2.24) is 9.97 Å². The first-order chi connectivity index (χ1) is 6.83. The normalized spacial score (nSPS) is 8.86. The zero-order chi connectivity index (χ0) is 10.8. The standard InChI is InChI=1S/C8H12N2O2.C2H6/c1-7-5-9-8(10-6-7)12-4-3-11-2;1-2/h5-6H,3-4H2,1-2H3;1-2H3. The minimum atomic E-state index is 0.401. The van der Waals surface area contributed by atoms with Crippen molar-refractivity contribution < 1.29 is 9.47 Å². The summed E-state index contributed by atoms with van der Waals surface area (Å²) in [6, 6.07) is 0.401. The van der Waals surface area contributed by atoms with Crippen LogP contribution in [0.1, 0.15) is 19.4 Å². The second kappa shape index (κ2) is 8.44. The number of methoxy groups -OCH3 is 1. The predicted molar refractivity (Wildman–Crippen MR) is 55.5 cm³/mol. The highest BCUT2D eigenvalue weighted by Crippen LogP contribution is 2.00. The summed E-state index contributed by atoms with van der Waals surface area (Å²) >= 11 is 0. The number of ether oxygens (including phenoxy) is 2. The number of aryl methyl sites for hydroxylation is 1. The summed E-state index contributed by atoms with van der Waals surface area (Å²) in [4.78, 5) is 7.92. The van der Waals surface area contributed by atoms with E-state index in [1.165, 1.54) is 0 Å². The average Bonchev–Trinajstić information content (AvgIpc) is 2.24. The van der Waals surface area contributed by atoms with E-state index in [1.54, 1.807) is 19.5 Å². The fourth-order valence-electron chi connectivity index (χ4n) is 0.672.